The number of hydrogen-bond donors (Lipinski definition) is 1. The number of hydrogen-bond acceptors (Lipinski definition) is 4. The molecule has 4 heteroatoms. The molecule has 0 saturated carbocycles. The minimum atomic E-state index is -0.344. The number of rotatable bonds is 4. The SMILES string of the molecule is CCOc1cc(O)cc(CC(=O)OC)c1. The summed E-state index contributed by atoms with van der Waals surface area (Å²) in [5, 5.41) is 9.37. The lowest BCUT2D eigenvalue weighted by Gasteiger charge is -2.06. The first kappa shape index (κ1) is 11.4. The number of phenolic OH excluding ortho intramolecular Hbond substituents is 1. The second-order valence-corrected chi connectivity index (χ2v) is 3.02. The summed E-state index contributed by atoms with van der Waals surface area (Å²) >= 11 is 0. The molecule has 0 amide bonds. The molecule has 0 heterocycles. The van der Waals surface area contributed by atoms with Crippen LogP contribution in [0.1, 0.15) is 12.5 Å². The summed E-state index contributed by atoms with van der Waals surface area (Å²) in [6.45, 7) is 2.37. The van der Waals surface area contributed by atoms with Gasteiger partial charge in [-0.1, -0.05) is 0 Å². The van der Waals surface area contributed by atoms with E-state index >= 15 is 0 Å². The Morgan fingerprint density at radius 2 is 2.13 bits per heavy atom. The molecule has 0 radical (unpaired) electrons. The maximum absolute atomic E-state index is 11.0. The molecule has 0 aliphatic rings. The molecule has 0 saturated heterocycles. The number of ether oxygens (including phenoxy) is 2. The molecule has 1 rings (SSSR count). The second-order valence-electron chi connectivity index (χ2n) is 3.02. The highest BCUT2D eigenvalue weighted by atomic mass is 16.5. The van der Waals surface area contributed by atoms with Crippen molar-refractivity contribution in [2.75, 3.05) is 13.7 Å². The summed E-state index contributed by atoms with van der Waals surface area (Å²) in [6, 6.07) is 4.73. The Balaban J connectivity index is 2.83. The number of carbonyl (C=O) groups excluding carboxylic acids is 1. The summed E-state index contributed by atoms with van der Waals surface area (Å²) in [5.41, 5.74) is 0.672. The van der Waals surface area contributed by atoms with Crippen molar-refractivity contribution in [1.29, 1.82) is 0 Å². The first-order valence-corrected chi connectivity index (χ1v) is 4.68. The van der Waals surface area contributed by atoms with Crippen LogP contribution in [0, 0.1) is 0 Å². The Bertz CT molecular complexity index is 346. The third kappa shape index (κ3) is 3.50. The molecule has 0 aliphatic carbocycles. The normalized spacial score (nSPS) is 9.73. The molecule has 0 unspecified atom stereocenters. The molecule has 0 spiro atoms. The minimum Gasteiger partial charge on any atom is -0.508 e. The minimum absolute atomic E-state index is 0.0832. The molecule has 15 heavy (non-hydrogen) atoms. The molecule has 1 aromatic carbocycles. The van der Waals surface area contributed by atoms with Crippen molar-refractivity contribution >= 4 is 5.97 Å². The topological polar surface area (TPSA) is 55.8 Å². The van der Waals surface area contributed by atoms with Crippen LogP contribution in [0.5, 0.6) is 11.5 Å². The number of aromatic hydroxyl groups is 1. The zero-order valence-electron chi connectivity index (χ0n) is 8.82. The molecular weight excluding hydrogens is 196 g/mol. The van der Waals surface area contributed by atoms with E-state index in [2.05, 4.69) is 4.74 Å². The molecule has 1 aromatic rings. The van der Waals surface area contributed by atoms with Crippen LogP contribution in [0.3, 0.4) is 0 Å². The van der Waals surface area contributed by atoms with E-state index < -0.39 is 0 Å². The van der Waals surface area contributed by atoms with Gasteiger partial charge in [-0.25, -0.2) is 0 Å². The van der Waals surface area contributed by atoms with Crippen LogP contribution in [-0.2, 0) is 16.0 Å². The number of methoxy groups -OCH3 is 1. The van der Waals surface area contributed by atoms with Crippen LogP contribution >= 0.6 is 0 Å². The summed E-state index contributed by atoms with van der Waals surface area (Å²) in [4.78, 5) is 11.0. The van der Waals surface area contributed by atoms with E-state index in [1.807, 2.05) is 6.92 Å². The van der Waals surface area contributed by atoms with Gasteiger partial charge in [-0.15, -0.1) is 0 Å². The number of carbonyl (C=O) groups is 1. The van der Waals surface area contributed by atoms with Crippen molar-refractivity contribution in [3.05, 3.63) is 23.8 Å². The monoisotopic (exact) mass is 210 g/mol. The number of esters is 1. The quantitative estimate of drug-likeness (QED) is 0.765. The number of benzene rings is 1. The Morgan fingerprint density at radius 3 is 2.73 bits per heavy atom. The molecule has 0 aliphatic heterocycles. The third-order valence-electron chi connectivity index (χ3n) is 1.84. The van der Waals surface area contributed by atoms with E-state index in [9.17, 15) is 9.90 Å². The van der Waals surface area contributed by atoms with Gasteiger partial charge < -0.3 is 14.6 Å². The molecule has 1 N–H and O–H groups in total. The van der Waals surface area contributed by atoms with Crippen molar-refractivity contribution in [3.8, 4) is 11.5 Å². The highest BCUT2D eigenvalue weighted by molar-refractivity contribution is 5.72. The van der Waals surface area contributed by atoms with Gasteiger partial charge in [0.2, 0.25) is 0 Å². The fourth-order valence-corrected chi connectivity index (χ4v) is 1.23. The van der Waals surface area contributed by atoms with Crippen molar-refractivity contribution in [2.45, 2.75) is 13.3 Å². The van der Waals surface area contributed by atoms with Crippen molar-refractivity contribution in [3.63, 3.8) is 0 Å². The van der Waals surface area contributed by atoms with Crippen LogP contribution in [-0.4, -0.2) is 24.8 Å². The van der Waals surface area contributed by atoms with Gasteiger partial charge in [-0.2, -0.15) is 0 Å². The van der Waals surface area contributed by atoms with Gasteiger partial charge in [0.25, 0.3) is 0 Å². The summed E-state index contributed by atoms with van der Waals surface area (Å²) in [7, 11) is 1.33. The predicted octanol–water partition coefficient (Wildman–Crippen LogP) is 1.51. The largest absolute Gasteiger partial charge is 0.508 e. The van der Waals surface area contributed by atoms with E-state index in [4.69, 9.17) is 4.74 Å². The van der Waals surface area contributed by atoms with Gasteiger partial charge in [-0.3, -0.25) is 4.79 Å². The van der Waals surface area contributed by atoms with Gasteiger partial charge in [-0.05, 0) is 24.6 Å². The highest BCUT2D eigenvalue weighted by Gasteiger charge is 2.06. The van der Waals surface area contributed by atoms with Gasteiger partial charge in [0.1, 0.15) is 11.5 Å². The Morgan fingerprint density at radius 1 is 1.40 bits per heavy atom. The maximum Gasteiger partial charge on any atom is 0.309 e. The summed E-state index contributed by atoms with van der Waals surface area (Å²) in [5.74, 6) is 0.291. The first-order chi connectivity index (χ1) is 7.15. The van der Waals surface area contributed by atoms with Crippen LogP contribution in [0.4, 0.5) is 0 Å². The van der Waals surface area contributed by atoms with Crippen molar-refractivity contribution < 1.29 is 19.4 Å². The lowest BCUT2D eigenvalue weighted by molar-refractivity contribution is -0.139. The summed E-state index contributed by atoms with van der Waals surface area (Å²) < 4.78 is 9.76. The van der Waals surface area contributed by atoms with Crippen LogP contribution in [0.25, 0.3) is 0 Å². The third-order valence-corrected chi connectivity index (χ3v) is 1.84. The van der Waals surface area contributed by atoms with Gasteiger partial charge in [0.05, 0.1) is 20.1 Å². The standard InChI is InChI=1S/C11H14O4/c1-3-15-10-5-8(4-9(12)7-10)6-11(13)14-2/h4-5,7,12H,3,6H2,1-2H3. The molecule has 0 atom stereocenters. The van der Waals surface area contributed by atoms with E-state index in [-0.39, 0.29) is 18.1 Å². The highest BCUT2D eigenvalue weighted by Crippen LogP contribution is 2.22. The summed E-state index contributed by atoms with van der Waals surface area (Å²) in [6.07, 6.45) is 0.130. The van der Waals surface area contributed by atoms with Gasteiger partial charge in [0, 0.05) is 6.07 Å². The zero-order chi connectivity index (χ0) is 11.3. The predicted molar refractivity (Wildman–Crippen MR) is 55.0 cm³/mol. The van der Waals surface area contributed by atoms with Crippen LogP contribution in [0.15, 0.2) is 18.2 Å². The molecule has 4 nitrogen and oxygen atoms in total. The van der Waals surface area contributed by atoms with Gasteiger partial charge in [0.15, 0.2) is 0 Å². The Kier molecular flexibility index (Phi) is 3.97. The van der Waals surface area contributed by atoms with Crippen molar-refractivity contribution in [1.82, 2.24) is 0 Å². The Hall–Kier alpha value is -1.71. The zero-order valence-corrected chi connectivity index (χ0v) is 8.82. The van der Waals surface area contributed by atoms with E-state index in [0.717, 1.165) is 0 Å². The van der Waals surface area contributed by atoms with Crippen molar-refractivity contribution in [2.24, 2.45) is 0 Å². The van der Waals surface area contributed by atoms with E-state index in [1.54, 1.807) is 6.07 Å². The number of phenols is 1. The maximum atomic E-state index is 11.0. The lowest BCUT2D eigenvalue weighted by Crippen LogP contribution is -2.04. The first-order valence-electron chi connectivity index (χ1n) is 4.68. The van der Waals surface area contributed by atoms with E-state index in [0.29, 0.717) is 17.9 Å². The molecular formula is C11H14O4. The Labute approximate surface area is 88.4 Å². The fourth-order valence-electron chi connectivity index (χ4n) is 1.23. The molecule has 0 bridgehead atoms. The lowest BCUT2D eigenvalue weighted by atomic mass is 10.1. The molecule has 82 valence electrons. The van der Waals surface area contributed by atoms with Gasteiger partial charge >= 0.3 is 5.97 Å². The second kappa shape index (κ2) is 5.24. The average Bonchev–Trinajstić information content (AvgIpc) is 2.17. The van der Waals surface area contributed by atoms with Crippen LogP contribution in [0.2, 0.25) is 0 Å². The fraction of sp³-hybridized carbons (Fsp3) is 0.364. The smallest absolute Gasteiger partial charge is 0.309 e. The molecule has 0 aromatic heterocycles. The van der Waals surface area contributed by atoms with Crippen LogP contribution < -0.4 is 4.74 Å². The van der Waals surface area contributed by atoms with E-state index in [1.165, 1.54) is 19.2 Å². The molecule has 0 fully saturated rings. The average molecular weight is 210 g/mol.